The van der Waals surface area contributed by atoms with Crippen molar-refractivity contribution in [1.82, 2.24) is 9.97 Å². The van der Waals surface area contributed by atoms with Gasteiger partial charge in [-0.05, 0) is 104 Å². The smallest absolute Gasteiger partial charge is 0.160 e. The molecule has 1 heterocycles. The summed E-state index contributed by atoms with van der Waals surface area (Å²) in [5.41, 5.74) is 17.1. The van der Waals surface area contributed by atoms with Gasteiger partial charge < -0.3 is 0 Å². The van der Waals surface area contributed by atoms with Gasteiger partial charge in [-0.2, -0.15) is 10.5 Å². The molecule has 0 unspecified atom stereocenters. The largest absolute Gasteiger partial charge is 0.228 e. The summed E-state index contributed by atoms with van der Waals surface area (Å²) >= 11 is 0. The maximum atomic E-state index is 9.46. The average Bonchev–Trinajstić information content (AvgIpc) is 3.48. The molecule has 0 saturated carbocycles. The lowest BCUT2D eigenvalue weighted by Crippen LogP contribution is -2.29. The van der Waals surface area contributed by atoms with Crippen LogP contribution in [0.4, 0.5) is 0 Å². The van der Waals surface area contributed by atoms with Gasteiger partial charge in [-0.25, -0.2) is 9.97 Å². The highest BCUT2D eigenvalue weighted by Crippen LogP contribution is 2.61. The lowest BCUT2D eigenvalue weighted by Gasteiger charge is -2.35. The van der Waals surface area contributed by atoms with Crippen LogP contribution < -0.4 is 0 Å². The maximum absolute atomic E-state index is 9.46. The highest BCUT2D eigenvalue weighted by Gasteiger charge is 2.49. The first-order valence-corrected chi connectivity index (χ1v) is 17.6. The number of rotatable bonds is 3. The molecule has 0 fully saturated rings. The second-order valence-corrected chi connectivity index (χ2v) is 13.5. The SMILES string of the molecule is N#Cc1ccc(-c2cc(-c3ccc4c(c3)-c3ccccc3-c3ccccc3C43c4ccccc4-c4ccccc43)nc(-c3ccc(C#N)cc3)n2)cc1. The van der Waals surface area contributed by atoms with Crippen LogP contribution in [0.15, 0.2) is 170 Å². The Morgan fingerprint density at radius 3 is 1.28 bits per heavy atom. The summed E-state index contributed by atoms with van der Waals surface area (Å²) in [5.74, 6) is 0.559. The van der Waals surface area contributed by atoms with Crippen LogP contribution in [0.1, 0.15) is 33.4 Å². The van der Waals surface area contributed by atoms with E-state index in [2.05, 4.69) is 127 Å². The number of hydrogen-bond donors (Lipinski definition) is 0. The zero-order valence-corrected chi connectivity index (χ0v) is 28.5. The molecule has 8 aromatic rings. The molecule has 0 N–H and O–H groups in total. The number of hydrogen-bond acceptors (Lipinski definition) is 4. The molecule has 10 rings (SSSR count). The summed E-state index contributed by atoms with van der Waals surface area (Å²) in [7, 11) is 0. The molecule has 0 atom stereocenters. The molecular formula is C49H28N4. The van der Waals surface area contributed by atoms with Crippen molar-refractivity contribution in [2.45, 2.75) is 5.41 Å². The predicted octanol–water partition coefficient (Wildman–Crippen LogP) is 11.2. The minimum absolute atomic E-state index is 0.552. The van der Waals surface area contributed by atoms with Gasteiger partial charge in [-0.3, -0.25) is 0 Å². The van der Waals surface area contributed by atoms with Crippen LogP contribution >= 0.6 is 0 Å². The molecule has 0 saturated heterocycles. The zero-order valence-electron chi connectivity index (χ0n) is 28.5. The van der Waals surface area contributed by atoms with Crippen LogP contribution in [-0.4, -0.2) is 9.97 Å². The number of nitriles is 2. The van der Waals surface area contributed by atoms with E-state index in [0.717, 1.165) is 33.6 Å². The Hall–Kier alpha value is -7.40. The molecule has 0 radical (unpaired) electrons. The first-order valence-electron chi connectivity index (χ1n) is 17.6. The van der Waals surface area contributed by atoms with E-state index >= 15 is 0 Å². The minimum atomic E-state index is -0.552. The third-order valence-corrected chi connectivity index (χ3v) is 10.8. The van der Waals surface area contributed by atoms with E-state index in [9.17, 15) is 10.5 Å². The van der Waals surface area contributed by atoms with Gasteiger partial charge in [0.1, 0.15) is 0 Å². The molecule has 1 aromatic heterocycles. The van der Waals surface area contributed by atoms with Crippen LogP contribution in [0.3, 0.4) is 0 Å². The van der Waals surface area contributed by atoms with E-state index in [1.165, 1.54) is 50.1 Å². The van der Waals surface area contributed by atoms with Crippen molar-refractivity contribution in [2.75, 3.05) is 0 Å². The van der Waals surface area contributed by atoms with Gasteiger partial charge >= 0.3 is 0 Å². The summed E-state index contributed by atoms with van der Waals surface area (Å²) in [6, 6.07) is 63.5. The summed E-state index contributed by atoms with van der Waals surface area (Å²) in [4.78, 5) is 10.2. The fraction of sp³-hybridized carbons (Fsp3) is 0.0204. The molecule has 7 aromatic carbocycles. The summed E-state index contributed by atoms with van der Waals surface area (Å²) in [6.45, 7) is 0. The molecule has 1 spiro atoms. The standard InChI is InChI=1S/C49H28N4/c50-29-31-17-21-33(22-18-31)46-28-47(53-48(52-46)34-23-19-32(30-51)20-24-34)35-25-26-45-41(27-35)37-10-2-1-9-36(37)38-11-3-6-14-42(38)49(45)43-15-7-4-12-39(43)40-13-5-8-16-44(40)49/h1-28H. The van der Waals surface area contributed by atoms with Crippen LogP contribution in [0, 0.1) is 22.7 Å². The van der Waals surface area contributed by atoms with E-state index in [4.69, 9.17) is 9.97 Å². The molecule has 4 nitrogen and oxygen atoms in total. The Labute approximate surface area is 307 Å². The molecule has 244 valence electrons. The van der Waals surface area contributed by atoms with Crippen molar-refractivity contribution in [1.29, 1.82) is 10.5 Å². The molecule has 0 amide bonds. The molecule has 2 aliphatic rings. The van der Waals surface area contributed by atoms with Crippen molar-refractivity contribution in [3.63, 3.8) is 0 Å². The quantitative estimate of drug-likeness (QED) is 0.187. The molecule has 2 aliphatic carbocycles. The van der Waals surface area contributed by atoms with Crippen LogP contribution in [0.2, 0.25) is 0 Å². The van der Waals surface area contributed by atoms with E-state index in [-0.39, 0.29) is 0 Å². The van der Waals surface area contributed by atoms with Crippen molar-refractivity contribution in [3.8, 4) is 79.4 Å². The monoisotopic (exact) mass is 672 g/mol. The lowest BCUT2D eigenvalue weighted by atomic mass is 9.66. The zero-order chi connectivity index (χ0) is 35.5. The Morgan fingerprint density at radius 2 is 0.755 bits per heavy atom. The first-order chi connectivity index (χ1) is 26.2. The Morgan fingerprint density at radius 1 is 0.358 bits per heavy atom. The summed E-state index contributed by atoms with van der Waals surface area (Å²) in [6.07, 6.45) is 0. The molecular weight excluding hydrogens is 645 g/mol. The topological polar surface area (TPSA) is 73.4 Å². The highest BCUT2D eigenvalue weighted by molar-refractivity contribution is 5.98. The van der Waals surface area contributed by atoms with Gasteiger partial charge in [0.05, 0.1) is 40.1 Å². The summed E-state index contributed by atoms with van der Waals surface area (Å²) < 4.78 is 0. The second-order valence-electron chi connectivity index (χ2n) is 13.5. The second kappa shape index (κ2) is 11.8. The van der Waals surface area contributed by atoms with Crippen molar-refractivity contribution in [2.24, 2.45) is 0 Å². The third kappa shape index (κ3) is 4.53. The minimum Gasteiger partial charge on any atom is -0.228 e. The number of benzene rings is 7. The van der Waals surface area contributed by atoms with E-state index in [1.54, 1.807) is 12.1 Å². The number of fused-ring (bicyclic) bond motifs is 12. The van der Waals surface area contributed by atoms with E-state index in [1.807, 2.05) is 42.5 Å². The third-order valence-electron chi connectivity index (χ3n) is 10.8. The molecule has 4 heteroatoms. The van der Waals surface area contributed by atoms with Crippen LogP contribution in [0.25, 0.3) is 67.3 Å². The predicted molar refractivity (Wildman–Crippen MR) is 210 cm³/mol. The van der Waals surface area contributed by atoms with Gasteiger partial charge in [0.2, 0.25) is 0 Å². The van der Waals surface area contributed by atoms with Gasteiger partial charge in [0.15, 0.2) is 5.82 Å². The average molecular weight is 673 g/mol. The summed E-state index contributed by atoms with van der Waals surface area (Å²) in [5, 5.41) is 18.9. The Bertz CT molecular complexity index is 2730. The van der Waals surface area contributed by atoms with Gasteiger partial charge in [-0.1, -0.05) is 121 Å². The lowest BCUT2D eigenvalue weighted by molar-refractivity contribution is 0.775. The number of nitrogens with zero attached hydrogens (tertiary/aromatic N) is 4. The molecule has 53 heavy (non-hydrogen) atoms. The van der Waals surface area contributed by atoms with E-state index < -0.39 is 5.41 Å². The first kappa shape index (κ1) is 30.4. The number of aromatic nitrogens is 2. The fourth-order valence-electron chi connectivity index (χ4n) is 8.49. The van der Waals surface area contributed by atoms with Gasteiger partial charge in [-0.15, -0.1) is 0 Å². The Kier molecular flexibility index (Phi) is 6.80. The molecule has 0 bridgehead atoms. The van der Waals surface area contributed by atoms with Gasteiger partial charge in [0, 0.05) is 16.7 Å². The maximum Gasteiger partial charge on any atom is 0.160 e. The Balaban J connectivity index is 1.26. The van der Waals surface area contributed by atoms with Crippen molar-refractivity contribution >= 4 is 0 Å². The van der Waals surface area contributed by atoms with Gasteiger partial charge in [0.25, 0.3) is 0 Å². The normalized spacial score (nSPS) is 12.6. The highest BCUT2D eigenvalue weighted by atomic mass is 14.9. The van der Waals surface area contributed by atoms with Crippen molar-refractivity contribution in [3.05, 3.63) is 203 Å². The van der Waals surface area contributed by atoms with Crippen LogP contribution in [-0.2, 0) is 5.41 Å². The van der Waals surface area contributed by atoms with E-state index in [0.29, 0.717) is 17.0 Å². The fourth-order valence-corrected chi connectivity index (χ4v) is 8.49. The molecule has 0 aliphatic heterocycles. The van der Waals surface area contributed by atoms with Crippen LogP contribution in [0.5, 0.6) is 0 Å². The van der Waals surface area contributed by atoms with Crippen molar-refractivity contribution < 1.29 is 0 Å².